The molecule has 6 rings (SSSR count). The fourth-order valence-corrected chi connectivity index (χ4v) is 7.14. The van der Waals surface area contributed by atoms with E-state index in [1.165, 1.54) is 7.11 Å². The second-order valence-corrected chi connectivity index (χ2v) is 13.0. The Kier molecular flexibility index (Phi) is 7.74. The molecule has 222 valence electrons. The van der Waals surface area contributed by atoms with E-state index < -0.39 is 20.0 Å². The van der Waals surface area contributed by atoms with Gasteiger partial charge in [-0.3, -0.25) is 0 Å². The van der Waals surface area contributed by atoms with Crippen molar-refractivity contribution in [2.24, 2.45) is 5.92 Å². The number of piperidine rings is 1. The summed E-state index contributed by atoms with van der Waals surface area (Å²) in [7, 11) is 3.03. The van der Waals surface area contributed by atoms with E-state index in [4.69, 9.17) is 9.47 Å². The third kappa shape index (κ3) is 5.77. The molecule has 2 saturated heterocycles. The maximum atomic E-state index is 13.7. The van der Waals surface area contributed by atoms with Crippen molar-refractivity contribution in [1.82, 2.24) is 19.8 Å². The molecule has 2 aromatic heterocycles. The van der Waals surface area contributed by atoms with Crippen molar-refractivity contribution in [3.63, 3.8) is 0 Å². The molecule has 4 heterocycles. The van der Waals surface area contributed by atoms with E-state index in [1.54, 1.807) is 41.9 Å². The summed E-state index contributed by atoms with van der Waals surface area (Å²) in [6, 6.07) is 10.8. The van der Waals surface area contributed by atoms with Gasteiger partial charge in [-0.1, -0.05) is 0 Å². The first-order valence-electron chi connectivity index (χ1n) is 13.7. The van der Waals surface area contributed by atoms with Crippen LogP contribution in [0, 0.1) is 17.8 Å². The molecule has 13 heteroatoms. The molecule has 2 unspecified atom stereocenters. The van der Waals surface area contributed by atoms with Crippen molar-refractivity contribution in [1.29, 1.82) is 0 Å². The number of aromatic nitrogens is 2. The van der Waals surface area contributed by atoms with Crippen LogP contribution >= 0.6 is 0 Å². The van der Waals surface area contributed by atoms with Crippen LogP contribution in [0.1, 0.15) is 28.9 Å². The van der Waals surface area contributed by atoms with Gasteiger partial charge in [0.05, 0.1) is 0 Å². The number of likely N-dealkylation sites (tertiary alicyclic amines) is 1. The topological polar surface area (TPSA) is 92.2 Å². The van der Waals surface area contributed by atoms with Gasteiger partial charge in [-0.2, -0.15) is 0 Å². The van der Waals surface area contributed by atoms with Crippen LogP contribution in [0.4, 0.5) is 24.7 Å². The molecule has 1 aliphatic carbocycles. The first kappa shape index (κ1) is 28.7. The number of hydrogen-bond donors (Lipinski definition) is 3. The maximum absolute atomic E-state index is 13.7. The molecular formula is C29H31F3N6O3Se. The molecule has 1 saturated carbocycles. The van der Waals surface area contributed by atoms with Crippen molar-refractivity contribution < 1.29 is 27.4 Å². The van der Waals surface area contributed by atoms with E-state index in [2.05, 4.69) is 37.8 Å². The van der Waals surface area contributed by atoms with Crippen molar-refractivity contribution in [3.05, 3.63) is 47.7 Å². The number of nitrogens with zero attached hydrogens (tertiary/aromatic N) is 3. The third-order valence-electron chi connectivity index (χ3n) is 8.14. The number of carbonyl (C=O) groups excluding carboxylic acids is 1. The Hall–Kier alpha value is -3.43. The van der Waals surface area contributed by atoms with Gasteiger partial charge in [-0.15, -0.1) is 0 Å². The predicted octanol–water partition coefficient (Wildman–Crippen LogP) is 2.29. The van der Waals surface area contributed by atoms with Gasteiger partial charge in [0.2, 0.25) is 0 Å². The molecule has 1 aromatic carbocycles. The van der Waals surface area contributed by atoms with Crippen LogP contribution in [0.25, 0.3) is 5.52 Å². The Balaban J connectivity index is 1.22. The average Bonchev–Trinajstić information content (AvgIpc) is 3.54. The van der Waals surface area contributed by atoms with Crippen molar-refractivity contribution >= 4 is 42.3 Å². The van der Waals surface area contributed by atoms with Gasteiger partial charge in [0, 0.05) is 7.05 Å². The monoisotopic (exact) mass is 648 g/mol. The van der Waals surface area contributed by atoms with Crippen LogP contribution in [0.15, 0.2) is 36.4 Å². The number of halogens is 3. The molecule has 3 aliphatic rings. The van der Waals surface area contributed by atoms with Crippen LogP contribution < -0.4 is 25.1 Å². The number of pyridine rings is 1. The number of amides is 1. The van der Waals surface area contributed by atoms with Gasteiger partial charge in [0.15, 0.2) is 0 Å². The van der Waals surface area contributed by atoms with E-state index in [0.29, 0.717) is 40.3 Å². The SMILES string of the molecule is CNC(=O)c1ccc(NCC#Cc2nn3c(NC45CCN(C6COC6)CC4C5)cccc3c2[Se]C(F)(F)F)c(OC)c1. The predicted molar refractivity (Wildman–Crippen MR) is 154 cm³/mol. The summed E-state index contributed by atoms with van der Waals surface area (Å²) in [5.74, 6) is 7.17. The van der Waals surface area contributed by atoms with Crippen LogP contribution in [-0.2, 0) is 4.74 Å². The first-order chi connectivity index (χ1) is 20.2. The first-order valence-corrected chi connectivity index (χ1v) is 15.4. The second kappa shape index (κ2) is 11.3. The van der Waals surface area contributed by atoms with Crippen molar-refractivity contribution in [2.45, 2.75) is 29.5 Å². The van der Waals surface area contributed by atoms with Crippen LogP contribution in [0.5, 0.6) is 5.75 Å². The molecule has 42 heavy (non-hydrogen) atoms. The molecular weight excluding hydrogens is 616 g/mol. The molecule has 9 nitrogen and oxygen atoms in total. The van der Waals surface area contributed by atoms with Crippen molar-refractivity contribution in [3.8, 4) is 17.6 Å². The molecule has 0 spiro atoms. The van der Waals surface area contributed by atoms with E-state index in [9.17, 15) is 18.0 Å². The normalized spacial score (nSPS) is 22.0. The Morgan fingerprint density at radius 2 is 2.12 bits per heavy atom. The zero-order chi connectivity index (χ0) is 29.5. The average molecular weight is 648 g/mol. The quantitative estimate of drug-likeness (QED) is 0.256. The Labute approximate surface area is 247 Å². The van der Waals surface area contributed by atoms with Crippen LogP contribution in [0.2, 0.25) is 0 Å². The van der Waals surface area contributed by atoms with Crippen LogP contribution in [-0.4, -0.2) is 99.0 Å². The zero-order valence-electron chi connectivity index (χ0n) is 23.2. The molecule has 0 bridgehead atoms. The summed E-state index contributed by atoms with van der Waals surface area (Å²) in [6.07, 6.45) is 2.00. The summed E-state index contributed by atoms with van der Waals surface area (Å²) in [5.41, 5.74) is 1.52. The fraction of sp³-hybridized carbons (Fsp3) is 0.448. The zero-order valence-corrected chi connectivity index (χ0v) is 24.9. The summed E-state index contributed by atoms with van der Waals surface area (Å²) in [5, 5.41) is 9.54. The Bertz CT molecular complexity index is 1560. The molecule has 1 amide bonds. The number of alkyl halides is 3. The third-order valence-corrected chi connectivity index (χ3v) is 9.90. The van der Waals surface area contributed by atoms with Gasteiger partial charge in [0.1, 0.15) is 0 Å². The Morgan fingerprint density at radius 1 is 1.29 bits per heavy atom. The molecule has 2 atom stereocenters. The van der Waals surface area contributed by atoms with Crippen molar-refractivity contribution in [2.75, 3.05) is 57.6 Å². The van der Waals surface area contributed by atoms with E-state index in [0.717, 1.165) is 39.1 Å². The Morgan fingerprint density at radius 3 is 2.81 bits per heavy atom. The number of methoxy groups -OCH3 is 1. The van der Waals surface area contributed by atoms with Crippen LogP contribution in [0.3, 0.4) is 0 Å². The van der Waals surface area contributed by atoms with E-state index in [1.807, 2.05) is 6.07 Å². The molecule has 0 radical (unpaired) electrons. The number of benzene rings is 1. The van der Waals surface area contributed by atoms with Gasteiger partial charge >= 0.3 is 241 Å². The minimum absolute atomic E-state index is 0.0567. The summed E-state index contributed by atoms with van der Waals surface area (Å²) in [4.78, 5) is 14.4. The number of fused-ring (bicyclic) bond motifs is 2. The number of rotatable bonds is 8. The minimum atomic E-state index is -4.35. The van der Waals surface area contributed by atoms with Gasteiger partial charge in [0.25, 0.3) is 0 Å². The number of ether oxygens (including phenoxy) is 2. The van der Waals surface area contributed by atoms with E-state index >= 15 is 0 Å². The van der Waals surface area contributed by atoms with Gasteiger partial charge in [-0.05, 0) is 0 Å². The molecule has 3 aromatic rings. The summed E-state index contributed by atoms with van der Waals surface area (Å²) < 4.78 is 53.4. The van der Waals surface area contributed by atoms with Gasteiger partial charge in [-0.25, -0.2) is 0 Å². The number of anilines is 2. The number of carbonyl (C=O) groups is 1. The molecule has 3 fully saturated rings. The van der Waals surface area contributed by atoms with E-state index in [-0.39, 0.29) is 28.1 Å². The second-order valence-electron chi connectivity index (χ2n) is 10.7. The molecule has 3 N–H and O–H groups in total. The number of nitrogens with one attached hydrogen (secondary N) is 3. The summed E-state index contributed by atoms with van der Waals surface area (Å²) in [6.45, 7) is 3.70. The number of hydrogen-bond acceptors (Lipinski definition) is 7. The fourth-order valence-electron chi connectivity index (χ4n) is 5.71. The van der Waals surface area contributed by atoms with Gasteiger partial charge < -0.3 is 0 Å². The molecule has 2 aliphatic heterocycles. The standard InChI is InChI=1S/C29H31F3N6O3Se/c1-33-27(39)18-8-9-21(24(13-18)40-2)34-11-4-5-22-26(42-29(30,31)32)23-6-3-7-25(38(23)36-22)35-28-10-12-37(15-19(28)14-28)20-16-41-17-20/h3,6-9,13,19-20,34-35H,10-12,14-17H2,1-2H3,(H,33,39). The summed E-state index contributed by atoms with van der Waals surface area (Å²) >= 11 is -1.82.